The number of benzene rings is 1. The fourth-order valence-electron chi connectivity index (χ4n) is 3.80. The van der Waals surface area contributed by atoms with Gasteiger partial charge in [-0.1, -0.05) is 67.5 Å². The van der Waals surface area contributed by atoms with Crippen LogP contribution >= 0.6 is 0 Å². The molecule has 1 aromatic heterocycles. The molecule has 1 N–H and O–H groups in total. The van der Waals surface area contributed by atoms with E-state index in [1.54, 1.807) is 26.4 Å². The molecule has 1 aromatic carbocycles. The Balaban J connectivity index is 2.53. The number of aromatic nitrogens is 2. The predicted molar refractivity (Wildman–Crippen MR) is 136 cm³/mol. The highest BCUT2D eigenvalue weighted by atomic mass is 32.2. The number of aryl methyl sites for hydroxylation is 1. The van der Waals surface area contributed by atoms with E-state index in [0.29, 0.717) is 11.3 Å². The van der Waals surface area contributed by atoms with Crippen molar-refractivity contribution < 1.29 is 17.9 Å². The number of hydrogen-bond donors (Lipinski definition) is 1. The van der Waals surface area contributed by atoms with Gasteiger partial charge >= 0.3 is 5.97 Å². The van der Waals surface area contributed by atoms with Gasteiger partial charge in [-0.25, -0.2) is 18.1 Å². The van der Waals surface area contributed by atoms with Crippen molar-refractivity contribution in [1.29, 1.82) is 0 Å². The molecule has 0 bridgehead atoms. The van der Waals surface area contributed by atoms with Crippen LogP contribution in [0.1, 0.15) is 95.5 Å². The average molecular weight is 492 g/mol. The van der Waals surface area contributed by atoms with E-state index in [1.807, 2.05) is 51.4 Å². The summed E-state index contributed by atoms with van der Waals surface area (Å²) in [6.07, 6.45) is 3.71. The molecular weight excluding hydrogens is 450 g/mol. The molecule has 2 aromatic rings. The van der Waals surface area contributed by atoms with Crippen LogP contribution in [-0.2, 0) is 33.0 Å². The molecule has 0 amide bonds. The van der Waals surface area contributed by atoms with Gasteiger partial charge in [0, 0.05) is 25.4 Å². The Hall–Kier alpha value is -2.19. The van der Waals surface area contributed by atoms with Gasteiger partial charge in [0.2, 0.25) is 10.0 Å². The topological polar surface area (TPSA) is 90.3 Å². The van der Waals surface area contributed by atoms with Crippen molar-refractivity contribution in [3.8, 4) is 0 Å². The Kier molecular flexibility index (Phi) is 9.48. The summed E-state index contributed by atoms with van der Waals surface area (Å²) in [5.74, 6) is -0.319. The van der Waals surface area contributed by atoms with Crippen molar-refractivity contribution in [2.45, 2.75) is 90.5 Å². The van der Waals surface area contributed by atoms with E-state index in [1.165, 1.54) is 0 Å². The lowest BCUT2D eigenvalue weighted by molar-refractivity contribution is -0.147. The second-order valence-corrected chi connectivity index (χ2v) is 11.9. The smallest absolute Gasteiger partial charge is 0.308 e. The lowest BCUT2D eigenvalue weighted by atomic mass is 9.89. The summed E-state index contributed by atoms with van der Waals surface area (Å²) in [4.78, 5) is 16.6. The lowest BCUT2D eigenvalue weighted by Crippen LogP contribution is -2.41. The fourth-order valence-corrected chi connectivity index (χ4v) is 5.71. The van der Waals surface area contributed by atoms with Gasteiger partial charge in [0.15, 0.2) is 0 Å². The molecule has 2 rings (SSSR count). The molecule has 0 fully saturated rings. The second kappa shape index (κ2) is 11.5. The fraction of sp³-hybridized carbons (Fsp3) is 0.615. The second-order valence-electron chi connectivity index (χ2n) is 10.3. The first kappa shape index (κ1) is 28.1. The molecule has 0 aliphatic rings. The summed E-state index contributed by atoms with van der Waals surface area (Å²) in [6, 6.07) is 3.41. The highest BCUT2D eigenvalue weighted by molar-refractivity contribution is 7.89. The molecule has 0 aliphatic heterocycles. The molecule has 34 heavy (non-hydrogen) atoms. The summed E-state index contributed by atoms with van der Waals surface area (Å²) in [6.45, 7) is 15.7. The van der Waals surface area contributed by atoms with Gasteiger partial charge in [-0.3, -0.25) is 4.79 Å². The molecule has 7 nitrogen and oxygen atoms in total. The highest BCUT2D eigenvalue weighted by Crippen LogP contribution is 2.35. The monoisotopic (exact) mass is 491 g/mol. The van der Waals surface area contributed by atoms with Crippen LogP contribution in [0, 0.1) is 5.92 Å². The number of esters is 1. The number of imidazole rings is 1. The number of ether oxygens (including phenoxy) is 1. The number of sulfonamides is 1. The number of rotatable bonds is 11. The van der Waals surface area contributed by atoms with Gasteiger partial charge in [-0.2, -0.15) is 0 Å². The van der Waals surface area contributed by atoms with E-state index in [9.17, 15) is 13.2 Å². The van der Waals surface area contributed by atoms with E-state index < -0.39 is 16.1 Å². The maximum atomic E-state index is 13.9. The predicted octanol–water partition coefficient (Wildman–Crippen LogP) is 4.88. The number of hydrogen-bond acceptors (Lipinski definition) is 5. The van der Waals surface area contributed by atoms with Gasteiger partial charge in [0.25, 0.3) is 0 Å². The summed E-state index contributed by atoms with van der Waals surface area (Å²) in [7, 11) is -2.05. The van der Waals surface area contributed by atoms with Crippen molar-refractivity contribution >= 4 is 16.0 Å². The van der Waals surface area contributed by atoms with Crippen molar-refractivity contribution in [3.05, 3.63) is 47.0 Å². The van der Waals surface area contributed by atoms with Crippen LogP contribution in [0.15, 0.2) is 29.6 Å². The van der Waals surface area contributed by atoms with Crippen LogP contribution < -0.4 is 4.72 Å². The van der Waals surface area contributed by atoms with Crippen LogP contribution in [0.5, 0.6) is 0 Å². The van der Waals surface area contributed by atoms with E-state index >= 15 is 0 Å². The Morgan fingerprint density at radius 2 is 1.56 bits per heavy atom. The van der Waals surface area contributed by atoms with E-state index in [2.05, 4.69) is 23.6 Å². The van der Waals surface area contributed by atoms with Crippen LogP contribution in [0.2, 0.25) is 0 Å². The third-order valence-corrected chi connectivity index (χ3v) is 7.59. The van der Waals surface area contributed by atoms with Gasteiger partial charge in [0.1, 0.15) is 6.61 Å². The molecule has 1 heterocycles. The first-order valence-electron chi connectivity index (χ1n) is 12.1. The number of carbonyl (C=O) groups is 1. The minimum absolute atomic E-state index is 0.0251. The van der Waals surface area contributed by atoms with Crippen molar-refractivity contribution in [1.82, 2.24) is 14.3 Å². The van der Waals surface area contributed by atoms with Gasteiger partial charge in [-0.05, 0) is 34.4 Å². The summed E-state index contributed by atoms with van der Waals surface area (Å²) in [5.41, 5.74) is 3.59. The Morgan fingerprint density at radius 1 is 1.00 bits per heavy atom. The minimum Gasteiger partial charge on any atom is -0.464 e. The average Bonchev–Trinajstić information content (AvgIpc) is 3.14. The van der Waals surface area contributed by atoms with Gasteiger partial charge in [0.05, 0.1) is 23.2 Å². The zero-order valence-corrected chi connectivity index (χ0v) is 22.9. The zero-order valence-electron chi connectivity index (χ0n) is 22.0. The molecule has 190 valence electrons. The van der Waals surface area contributed by atoms with Crippen LogP contribution in [0.4, 0.5) is 0 Å². The lowest BCUT2D eigenvalue weighted by Gasteiger charge is -2.25. The molecular formula is C26H41N3O4S. The number of carbonyl (C=O) groups excluding carboxylic acids is 1. The van der Waals surface area contributed by atoms with E-state index in [0.717, 1.165) is 22.4 Å². The quantitative estimate of drug-likeness (QED) is 0.453. The normalized spacial score (nSPS) is 13.3. The van der Waals surface area contributed by atoms with Crippen LogP contribution in [0.3, 0.4) is 0 Å². The molecule has 1 atom stereocenters. The zero-order chi connectivity index (χ0) is 25.8. The minimum atomic E-state index is -3.91. The molecule has 0 saturated heterocycles. The third-order valence-electron chi connectivity index (χ3n) is 5.94. The van der Waals surface area contributed by atoms with E-state index in [4.69, 9.17) is 4.74 Å². The maximum Gasteiger partial charge on any atom is 0.308 e. The first-order chi connectivity index (χ1) is 15.7. The van der Waals surface area contributed by atoms with E-state index in [-0.39, 0.29) is 36.2 Å². The largest absolute Gasteiger partial charge is 0.464 e. The molecule has 8 heteroatoms. The third kappa shape index (κ3) is 6.92. The molecule has 0 saturated carbocycles. The Bertz CT molecular complexity index is 1060. The van der Waals surface area contributed by atoms with Crippen molar-refractivity contribution in [3.63, 3.8) is 0 Å². The highest BCUT2D eigenvalue weighted by Gasteiger charge is 2.30. The van der Waals surface area contributed by atoms with Crippen LogP contribution in [-0.4, -0.2) is 36.6 Å². The van der Waals surface area contributed by atoms with Crippen molar-refractivity contribution in [2.75, 3.05) is 6.61 Å². The standard InChI is InChI=1S/C26H41N3O4S/c1-16(2)20-10-23(17(3)4)25(24(11-20)18(5)6)34(31,32)28-21(14-33-26(30)19(7)8)12-22-13-27-15-29(22)9/h10-11,13,15-19,21,28H,12,14H2,1-9H3/t21-/m0/s1. The summed E-state index contributed by atoms with van der Waals surface area (Å²) >= 11 is 0. The first-order valence-corrected chi connectivity index (χ1v) is 13.5. The summed E-state index contributed by atoms with van der Waals surface area (Å²) < 4.78 is 37.9. The van der Waals surface area contributed by atoms with Gasteiger partial charge < -0.3 is 9.30 Å². The number of nitrogens with one attached hydrogen (secondary N) is 1. The Labute approximate surface area is 205 Å². The molecule has 0 radical (unpaired) electrons. The van der Waals surface area contributed by atoms with Crippen LogP contribution in [0.25, 0.3) is 0 Å². The number of nitrogens with zero attached hydrogens (tertiary/aromatic N) is 2. The molecule has 0 aliphatic carbocycles. The van der Waals surface area contributed by atoms with Gasteiger partial charge in [-0.15, -0.1) is 0 Å². The molecule has 0 spiro atoms. The SMILES string of the molecule is CC(C)C(=O)OC[C@H](Cc1cncn1C)NS(=O)(=O)c1c(C(C)C)cc(C(C)C)cc1C(C)C. The molecule has 0 unspecified atom stereocenters. The van der Waals surface area contributed by atoms with Crippen molar-refractivity contribution in [2.24, 2.45) is 13.0 Å². The summed E-state index contributed by atoms with van der Waals surface area (Å²) in [5, 5.41) is 0. The Morgan fingerprint density at radius 3 is 1.97 bits per heavy atom. The maximum absolute atomic E-state index is 13.9.